The summed E-state index contributed by atoms with van der Waals surface area (Å²) in [5.41, 5.74) is 0.742. The number of aromatic nitrogens is 2. The number of thiazole rings is 1. The van der Waals surface area contributed by atoms with Crippen molar-refractivity contribution in [3.05, 3.63) is 52.5 Å². The van der Waals surface area contributed by atoms with Crippen LogP contribution in [-0.2, 0) is 0 Å². The fourth-order valence-electron chi connectivity index (χ4n) is 1.72. The van der Waals surface area contributed by atoms with Gasteiger partial charge in [0.1, 0.15) is 15.7 Å². The lowest BCUT2D eigenvalue weighted by atomic mass is 10.3. The number of rotatable bonds is 3. The van der Waals surface area contributed by atoms with E-state index in [1.807, 2.05) is 36.6 Å². The van der Waals surface area contributed by atoms with E-state index < -0.39 is 0 Å². The van der Waals surface area contributed by atoms with Gasteiger partial charge in [0.2, 0.25) is 0 Å². The van der Waals surface area contributed by atoms with Gasteiger partial charge in [0, 0.05) is 6.20 Å². The Labute approximate surface area is 124 Å². The average molecular weight is 301 g/mol. The number of nitrogens with one attached hydrogen (secondary N) is 1. The van der Waals surface area contributed by atoms with Gasteiger partial charge in [-0.15, -0.1) is 22.7 Å². The lowest BCUT2D eigenvalue weighted by molar-refractivity contribution is 0.102. The molecule has 20 heavy (non-hydrogen) atoms. The summed E-state index contributed by atoms with van der Waals surface area (Å²) in [7, 11) is 0. The molecule has 0 aromatic carbocycles. The normalized spacial score (nSPS) is 10.4. The number of anilines is 1. The van der Waals surface area contributed by atoms with Crippen molar-refractivity contribution in [3.8, 4) is 9.88 Å². The molecule has 1 amide bonds. The second-order valence-corrected chi connectivity index (χ2v) is 6.03. The van der Waals surface area contributed by atoms with Crippen molar-refractivity contribution in [2.45, 2.75) is 6.92 Å². The molecule has 0 fully saturated rings. The molecule has 0 atom stereocenters. The van der Waals surface area contributed by atoms with Crippen molar-refractivity contribution in [2.75, 3.05) is 5.32 Å². The molecule has 1 N–H and O–H groups in total. The van der Waals surface area contributed by atoms with Crippen LogP contribution in [0.25, 0.3) is 9.88 Å². The fourth-order valence-corrected chi connectivity index (χ4v) is 3.48. The largest absolute Gasteiger partial charge is 0.306 e. The number of carbonyl (C=O) groups excluding carboxylic acids is 1. The first kappa shape index (κ1) is 13.0. The Balaban J connectivity index is 1.85. The lowest BCUT2D eigenvalue weighted by Gasteiger charge is -2.01. The van der Waals surface area contributed by atoms with Crippen LogP contribution >= 0.6 is 22.7 Å². The molecule has 4 nitrogen and oxygen atoms in total. The molecule has 100 valence electrons. The predicted molar refractivity (Wildman–Crippen MR) is 82.4 cm³/mol. The molecule has 3 rings (SSSR count). The molecule has 3 aromatic rings. The molecule has 3 heterocycles. The SMILES string of the molecule is Cc1nc(-c2cccs2)sc1C(=O)Nc1ccccn1. The third-order valence-electron chi connectivity index (χ3n) is 2.64. The van der Waals surface area contributed by atoms with Crippen molar-refractivity contribution in [1.82, 2.24) is 9.97 Å². The first-order chi connectivity index (χ1) is 9.74. The number of carbonyl (C=O) groups is 1. The molecule has 0 unspecified atom stereocenters. The van der Waals surface area contributed by atoms with Crippen LogP contribution in [0.2, 0.25) is 0 Å². The van der Waals surface area contributed by atoms with E-state index >= 15 is 0 Å². The quantitative estimate of drug-likeness (QED) is 0.800. The van der Waals surface area contributed by atoms with Crippen LogP contribution < -0.4 is 5.32 Å². The maximum Gasteiger partial charge on any atom is 0.268 e. The Morgan fingerprint density at radius 3 is 2.85 bits per heavy atom. The van der Waals surface area contributed by atoms with Gasteiger partial charge in [0.25, 0.3) is 5.91 Å². The molecule has 0 bridgehead atoms. The van der Waals surface area contributed by atoms with Gasteiger partial charge in [0.05, 0.1) is 10.6 Å². The zero-order valence-electron chi connectivity index (χ0n) is 10.7. The summed E-state index contributed by atoms with van der Waals surface area (Å²) in [6, 6.07) is 9.38. The highest BCUT2D eigenvalue weighted by molar-refractivity contribution is 7.22. The monoisotopic (exact) mass is 301 g/mol. The van der Waals surface area contributed by atoms with E-state index in [9.17, 15) is 4.79 Å². The zero-order chi connectivity index (χ0) is 13.9. The van der Waals surface area contributed by atoms with Crippen LogP contribution in [0.5, 0.6) is 0 Å². The summed E-state index contributed by atoms with van der Waals surface area (Å²) in [6.45, 7) is 1.85. The summed E-state index contributed by atoms with van der Waals surface area (Å²) >= 11 is 3.02. The van der Waals surface area contributed by atoms with Gasteiger partial charge in [-0.05, 0) is 30.5 Å². The van der Waals surface area contributed by atoms with Gasteiger partial charge in [-0.25, -0.2) is 9.97 Å². The van der Waals surface area contributed by atoms with Gasteiger partial charge in [-0.1, -0.05) is 12.1 Å². The Kier molecular flexibility index (Phi) is 3.58. The van der Waals surface area contributed by atoms with E-state index in [0.29, 0.717) is 10.7 Å². The predicted octanol–water partition coefficient (Wildman–Crippen LogP) is 3.83. The summed E-state index contributed by atoms with van der Waals surface area (Å²) in [5, 5.41) is 5.66. The highest BCUT2D eigenvalue weighted by Crippen LogP contribution is 2.31. The van der Waals surface area contributed by atoms with Crippen LogP contribution in [0.4, 0.5) is 5.82 Å². The van der Waals surface area contributed by atoms with Crippen LogP contribution in [0, 0.1) is 6.92 Å². The van der Waals surface area contributed by atoms with Crippen molar-refractivity contribution < 1.29 is 4.79 Å². The Hall–Kier alpha value is -2.05. The topological polar surface area (TPSA) is 54.9 Å². The maximum absolute atomic E-state index is 12.2. The number of pyridine rings is 1. The lowest BCUT2D eigenvalue weighted by Crippen LogP contribution is -2.12. The molecule has 0 aliphatic carbocycles. The number of hydrogen-bond donors (Lipinski definition) is 1. The first-order valence-corrected chi connectivity index (χ1v) is 7.67. The Morgan fingerprint density at radius 2 is 2.15 bits per heavy atom. The average Bonchev–Trinajstić information content (AvgIpc) is 3.08. The molecule has 0 aliphatic heterocycles. The van der Waals surface area contributed by atoms with Gasteiger partial charge in [-0.3, -0.25) is 4.79 Å². The third kappa shape index (κ3) is 2.61. The second-order valence-electron chi connectivity index (χ2n) is 4.08. The van der Waals surface area contributed by atoms with Gasteiger partial charge < -0.3 is 5.32 Å². The van der Waals surface area contributed by atoms with Crippen molar-refractivity contribution in [3.63, 3.8) is 0 Å². The second kappa shape index (κ2) is 5.52. The summed E-state index contributed by atoms with van der Waals surface area (Å²) in [4.78, 5) is 22.5. The van der Waals surface area contributed by atoms with E-state index in [0.717, 1.165) is 15.6 Å². The zero-order valence-corrected chi connectivity index (χ0v) is 12.3. The maximum atomic E-state index is 12.2. The minimum Gasteiger partial charge on any atom is -0.306 e. The highest BCUT2D eigenvalue weighted by atomic mass is 32.1. The van der Waals surface area contributed by atoms with Gasteiger partial charge in [-0.2, -0.15) is 0 Å². The summed E-state index contributed by atoms with van der Waals surface area (Å²) < 4.78 is 0. The number of aryl methyl sites for hydroxylation is 1. The van der Waals surface area contributed by atoms with Crippen LogP contribution in [0.15, 0.2) is 41.9 Å². The Morgan fingerprint density at radius 1 is 1.25 bits per heavy atom. The van der Waals surface area contributed by atoms with Crippen molar-refractivity contribution >= 4 is 34.4 Å². The number of hydrogen-bond acceptors (Lipinski definition) is 5. The molecule has 0 saturated heterocycles. The van der Waals surface area contributed by atoms with E-state index in [4.69, 9.17) is 0 Å². The van der Waals surface area contributed by atoms with Crippen LogP contribution in [0.1, 0.15) is 15.4 Å². The third-order valence-corrected chi connectivity index (χ3v) is 4.84. The molecule has 6 heteroatoms. The summed E-state index contributed by atoms with van der Waals surface area (Å²) in [5.74, 6) is 0.379. The Bertz CT molecular complexity index is 720. The molecule has 3 aromatic heterocycles. The molecule has 0 spiro atoms. The van der Waals surface area contributed by atoms with Gasteiger partial charge >= 0.3 is 0 Å². The van der Waals surface area contributed by atoms with Crippen LogP contribution in [0.3, 0.4) is 0 Å². The molecule has 0 radical (unpaired) electrons. The van der Waals surface area contributed by atoms with Gasteiger partial charge in [0.15, 0.2) is 0 Å². The minimum atomic E-state index is -0.165. The number of nitrogens with zero attached hydrogens (tertiary/aromatic N) is 2. The van der Waals surface area contributed by atoms with Crippen molar-refractivity contribution in [1.29, 1.82) is 0 Å². The molecular formula is C14H11N3OS2. The molecule has 0 saturated carbocycles. The molecular weight excluding hydrogens is 290 g/mol. The standard InChI is InChI=1S/C14H11N3OS2/c1-9-12(13(18)17-11-6-2-3-7-15-11)20-14(16-9)10-5-4-8-19-10/h2-8H,1H3,(H,15,17,18). The van der Waals surface area contributed by atoms with E-state index in [-0.39, 0.29) is 5.91 Å². The van der Waals surface area contributed by atoms with E-state index in [1.165, 1.54) is 11.3 Å². The smallest absolute Gasteiger partial charge is 0.268 e. The highest BCUT2D eigenvalue weighted by Gasteiger charge is 2.17. The number of amides is 1. The van der Waals surface area contributed by atoms with Crippen molar-refractivity contribution in [2.24, 2.45) is 0 Å². The van der Waals surface area contributed by atoms with E-state index in [1.54, 1.807) is 23.6 Å². The fraction of sp³-hybridized carbons (Fsp3) is 0.0714. The minimum absolute atomic E-state index is 0.165. The van der Waals surface area contributed by atoms with Crippen LogP contribution in [-0.4, -0.2) is 15.9 Å². The summed E-state index contributed by atoms with van der Waals surface area (Å²) in [6.07, 6.45) is 1.65. The molecule has 0 aliphatic rings. The first-order valence-electron chi connectivity index (χ1n) is 5.98. The number of thiophene rings is 1. The van der Waals surface area contributed by atoms with E-state index in [2.05, 4.69) is 15.3 Å².